The van der Waals surface area contributed by atoms with Gasteiger partial charge in [0.1, 0.15) is 0 Å². The van der Waals surface area contributed by atoms with Crippen LogP contribution in [0.3, 0.4) is 0 Å². The number of aryl methyl sites for hydroxylation is 1. The van der Waals surface area contributed by atoms with Crippen molar-refractivity contribution >= 4 is 28.4 Å². The van der Waals surface area contributed by atoms with Gasteiger partial charge in [-0.2, -0.15) is 0 Å². The lowest BCUT2D eigenvalue weighted by Gasteiger charge is -2.33. The normalized spacial score (nSPS) is 20.9. The van der Waals surface area contributed by atoms with Gasteiger partial charge in [0, 0.05) is 17.5 Å². The number of hydrogen-bond donors (Lipinski definition) is 2. The number of aromatic nitrogens is 1. The first-order valence-electron chi connectivity index (χ1n) is 9.83. The SMILES string of the molecule is O=C(NO)c1ccc2c(c1)CC[C@@]1(CCN(c3cnc4ccccc4c3)C1=O)C2. The van der Waals surface area contributed by atoms with Crippen LogP contribution in [0.4, 0.5) is 5.69 Å². The fourth-order valence-corrected chi connectivity index (χ4v) is 4.73. The molecule has 1 atom stereocenters. The third-order valence-corrected chi connectivity index (χ3v) is 6.37. The summed E-state index contributed by atoms with van der Waals surface area (Å²) in [6.07, 6.45) is 4.80. The highest BCUT2D eigenvalue weighted by Crippen LogP contribution is 2.45. The number of pyridine rings is 1. The van der Waals surface area contributed by atoms with E-state index in [9.17, 15) is 9.59 Å². The molecule has 0 radical (unpaired) electrons. The maximum atomic E-state index is 13.5. The summed E-state index contributed by atoms with van der Waals surface area (Å²) in [6, 6.07) is 15.4. The zero-order valence-electron chi connectivity index (χ0n) is 15.9. The second-order valence-electron chi connectivity index (χ2n) is 7.97. The van der Waals surface area contributed by atoms with Gasteiger partial charge in [-0.1, -0.05) is 24.3 Å². The first kappa shape index (κ1) is 17.8. The molecule has 2 heterocycles. The zero-order valence-corrected chi connectivity index (χ0v) is 15.9. The third-order valence-electron chi connectivity index (χ3n) is 6.37. The monoisotopic (exact) mass is 387 g/mol. The van der Waals surface area contributed by atoms with Crippen LogP contribution >= 0.6 is 0 Å². The van der Waals surface area contributed by atoms with E-state index in [4.69, 9.17) is 5.21 Å². The summed E-state index contributed by atoms with van der Waals surface area (Å²) in [4.78, 5) is 31.5. The highest BCUT2D eigenvalue weighted by atomic mass is 16.5. The predicted octanol–water partition coefficient (Wildman–Crippen LogP) is 3.27. The highest BCUT2D eigenvalue weighted by molar-refractivity contribution is 6.01. The molecular formula is C23H21N3O3. The quantitative estimate of drug-likeness (QED) is 0.522. The number of amides is 2. The number of hydrogen-bond acceptors (Lipinski definition) is 4. The van der Waals surface area contributed by atoms with E-state index in [1.807, 2.05) is 47.4 Å². The van der Waals surface area contributed by atoms with Gasteiger partial charge >= 0.3 is 0 Å². The Morgan fingerprint density at radius 2 is 1.97 bits per heavy atom. The molecule has 0 saturated carbocycles. The van der Waals surface area contributed by atoms with Crippen LogP contribution in [-0.4, -0.2) is 28.6 Å². The first-order chi connectivity index (χ1) is 14.1. The van der Waals surface area contributed by atoms with Gasteiger partial charge in [-0.15, -0.1) is 0 Å². The van der Waals surface area contributed by atoms with Crippen molar-refractivity contribution < 1.29 is 14.8 Å². The smallest absolute Gasteiger partial charge is 0.274 e. The molecule has 1 aliphatic carbocycles. The molecule has 1 saturated heterocycles. The van der Waals surface area contributed by atoms with Crippen molar-refractivity contribution in [1.82, 2.24) is 10.5 Å². The van der Waals surface area contributed by atoms with Crippen LogP contribution in [0.25, 0.3) is 10.9 Å². The molecule has 1 aliphatic heterocycles. The van der Waals surface area contributed by atoms with Crippen molar-refractivity contribution in [2.24, 2.45) is 5.41 Å². The number of para-hydroxylation sites is 1. The van der Waals surface area contributed by atoms with Crippen molar-refractivity contribution in [1.29, 1.82) is 0 Å². The van der Waals surface area contributed by atoms with Crippen molar-refractivity contribution in [3.8, 4) is 0 Å². The molecule has 2 aliphatic rings. The number of fused-ring (bicyclic) bond motifs is 2. The van der Waals surface area contributed by atoms with E-state index < -0.39 is 5.91 Å². The van der Waals surface area contributed by atoms with Crippen LogP contribution in [-0.2, 0) is 17.6 Å². The van der Waals surface area contributed by atoms with Gasteiger partial charge in [-0.3, -0.25) is 19.8 Å². The standard InChI is InChI=1S/C23H21N3O3/c27-21(25-29)17-5-6-18-13-23(8-7-15(18)11-17)9-10-26(22(23)28)19-12-16-3-1-2-4-20(16)24-14-19/h1-6,11-12,14,29H,7-10,13H2,(H,25,27)/t23-/m1/s1. The minimum Gasteiger partial charge on any atom is -0.310 e. The van der Waals surface area contributed by atoms with E-state index in [1.54, 1.807) is 17.7 Å². The highest BCUT2D eigenvalue weighted by Gasteiger charge is 2.48. The number of carbonyl (C=O) groups excluding carboxylic acids is 2. The van der Waals surface area contributed by atoms with Gasteiger partial charge in [-0.25, -0.2) is 5.48 Å². The van der Waals surface area contributed by atoms with Crippen LogP contribution in [0.1, 0.15) is 34.3 Å². The Labute approximate surface area is 168 Å². The fourth-order valence-electron chi connectivity index (χ4n) is 4.73. The molecule has 3 aromatic rings. The Kier molecular flexibility index (Phi) is 4.10. The van der Waals surface area contributed by atoms with Gasteiger partial charge in [0.2, 0.25) is 5.91 Å². The lowest BCUT2D eigenvalue weighted by Crippen LogP contribution is -2.38. The van der Waals surface area contributed by atoms with Crippen molar-refractivity contribution in [3.63, 3.8) is 0 Å². The third kappa shape index (κ3) is 2.87. The number of nitrogens with zero attached hydrogens (tertiary/aromatic N) is 2. The molecule has 146 valence electrons. The van der Waals surface area contributed by atoms with Gasteiger partial charge in [-0.05, 0) is 61.1 Å². The van der Waals surface area contributed by atoms with E-state index in [0.29, 0.717) is 18.5 Å². The lowest BCUT2D eigenvalue weighted by atomic mass is 9.70. The first-order valence-corrected chi connectivity index (χ1v) is 9.83. The second kappa shape index (κ2) is 6.67. The summed E-state index contributed by atoms with van der Waals surface area (Å²) in [5, 5.41) is 9.87. The second-order valence-corrected chi connectivity index (χ2v) is 7.97. The van der Waals surface area contributed by atoms with Gasteiger partial charge in [0.25, 0.3) is 5.91 Å². The molecule has 0 unspecified atom stereocenters. The lowest BCUT2D eigenvalue weighted by molar-refractivity contribution is -0.126. The molecule has 6 heteroatoms. The van der Waals surface area contributed by atoms with E-state index in [-0.39, 0.29) is 11.3 Å². The largest absolute Gasteiger partial charge is 0.310 e. The summed E-state index contributed by atoms with van der Waals surface area (Å²) in [5.74, 6) is -0.350. The van der Waals surface area contributed by atoms with Gasteiger partial charge in [0.05, 0.1) is 22.8 Å². The van der Waals surface area contributed by atoms with Crippen molar-refractivity contribution in [3.05, 3.63) is 71.4 Å². The van der Waals surface area contributed by atoms with Gasteiger partial charge in [0.15, 0.2) is 0 Å². The number of nitrogens with one attached hydrogen (secondary N) is 1. The Morgan fingerprint density at radius 3 is 2.83 bits per heavy atom. The Hall–Kier alpha value is -3.25. The minimum atomic E-state index is -0.514. The molecule has 29 heavy (non-hydrogen) atoms. The summed E-state index contributed by atoms with van der Waals surface area (Å²) in [5.41, 5.74) is 5.68. The van der Waals surface area contributed by atoms with Crippen LogP contribution in [0.15, 0.2) is 54.7 Å². The Morgan fingerprint density at radius 1 is 1.10 bits per heavy atom. The molecule has 2 aromatic carbocycles. The molecule has 5 rings (SSSR count). The average molecular weight is 387 g/mol. The van der Waals surface area contributed by atoms with Crippen LogP contribution in [0, 0.1) is 5.41 Å². The molecule has 6 nitrogen and oxygen atoms in total. The maximum absolute atomic E-state index is 13.5. The summed E-state index contributed by atoms with van der Waals surface area (Å²) >= 11 is 0. The molecular weight excluding hydrogens is 366 g/mol. The Bertz CT molecular complexity index is 1140. The molecule has 0 bridgehead atoms. The number of rotatable bonds is 2. The van der Waals surface area contributed by atoms with Crippen LogP contribution in [0.5, 0.6) is 0 Å². The van der Waals surface area contributed by atoms with E-state index in [1.165, 1.54) is 0 Å². The molecule has 2 N–H and O–H groups in total. The summed E-state index contributed by atoms with van der Waals surface area (Å²) < 4.78 is 0. The van der Waals surface area contributed by atoms with Crippen LogP contribution < -0.4 is 10.4 Å². The zero-order chi connectivity index (χ0) is 20.0. The topological polar surface area (TPSA) is 82.5 Å². The molecule has 1 fully saturated rings. The van der Waals surface area contributed by atoms with E-state index in [0.717, 1.165) is 47.0 Å². The van der Waals surface area contributed by atoms with Crippen molar-refractivity contribution in [2.75, 3.05) is 11.4 Å². The summed E-state index contributed by atoms with van der Waals surface area (Å²) in [7, 11) is 0. The van der Waals surface area contributed by atoms with Crippen molar-refractivity contribution in [2.45, 2.75) is 25.7 Å². The summed E-state index contributed by atoms with van der Waals surface area (Å²) in [6.45, 7) is 0.694. The molecule has 1 spiro atoms. The van der Waals surface area contributed by atoms with Gasteiger partial charge < -0.3 is 4.90 Å². The maximum Gasteiger partial charge on any atom is 0.274 e. The van der Waals surface area contributed by atoms with E-state index >= 15 is 0 Å². The number of hydroxylamine groups is 1. The molecule has 1 aromatic heterocycles. The minimum absolute atomic E-state index is 0.164. The average Bonchev–Trinajstić information content (AvgIpc) is 3.08. The number of anilines is 1. The number of benzene rings is 2. The Balaban J connectivity index is 1.42. The number of carbonyl (C=O) groups is 2. The van der Waals surface area contributed by atoms with E-state index in [2.05, 4.69) is 4.98 Å². The molecule has 2 amide bonds. The fraction of sp³-hybridized carbons (Fsp3) is 0.261. The predicted molar refractivity (Wildman–Crippen MR) is 109 cm³/mol. The van der Waals surface area contributed by atoms with Crippen LogP contribution in [0.2, 0.25) is 0 Å².